The van der Waals surface area contributed by atoms with Gasteiger partial charge in [0.15, 0.2) is 0 Å². The average Bonchev–Trinajstić information content (AvgIpc) is 2.38. The monoisotopic (exact) mass is 289 g/mol. The summed E-state index contributed by atoms with van der Waals surface area (Å²) in [5, 5.41) is 9.37. The highest BCUT2D eigenvalue weighted by Crippen LogP contribution is 2.21. The number of alkyl halides is 2. The first-order chi connectivity index (χ1) is 8.41. The first-order valence-corrected chi connectivity index (χ1v) is 5.62. The average molecular weight is 290 g/mol. The van der Waals surface area contributed by atoms with Gasteiger partial charge in [0.1, 0.15) is 11.7 Å². The second-order valence-corrected chi connectivity index (χ2v) is 4.44. The molecule has 1 rings (SSSR count). The number of hydrogen-bond acceptors (Lipinski definition) is 3. The van der Waals surface area contributed by atoms with Crippen LogP contribution in [0.1, 0.15) is 10.4 Å². The lowest BCUT2D eigenvalue weighted by Crippen LogP contribution is -2.56. The highest BCUT2D eigenvalue weighted by atomic mass is 35.5. The molecule has 96 valence electrons. The minimum absolute atomic E-state index is 0.147. The van der Waals surface area contributed by atoms with Gasteiger partial charge in [0, 0.05) is 5.56 Å². The third-order valence-electron chi connectivity index (χ3n) is 2.14. The van der Waals surface area contributed by atoms with Crippen LogP contribution in [0, 0.1) is 0 Å². The van der Waals surface area contributed by atoms with E-state index < -0.39 is 22.3 Å². The van der Waals surface area contributed by atoms with Crippen molar-refractivity contribution in [3.05, 3.63) is 35.9 Å². The fraction of sp³-hybridized carbons (Fsp3) is 0.182. The summed E-state index contributed by atoms with van der Waals surface area (Å²) in [4.78, 5) is 30.9. The molecule has 5 nitrogen and oxygen atoms in total. The minimum Gasteiger partial charge on any atom is -0.479 e. The van der Waals surface area contributed by atoms with E-state index in [2.05, 4.69) is 0 Å². The Bertz CT molecular complexity index is 465. The molecule has 18 heavy (non-hydrogen) atoms. The highest BCUT2D eigenvalue weighted by molar-refractivity contribution is 6.44. The molecule has 0 radical (unpaired) electrons. The van der Waals surface area contributed by atoms with Crippen LogP contribution >= 0.6 is 23.2 Å². The molecule has 0 saturated carbocycles. The Morgan fingerprint density at radius 2 is 1.89 bits per heavy atom. The van der Waals surface area contributed by atoms with E-state index in [1.54, 1.807) is 18.2 Å². The minimum atomic E-state index is -2.38. The number of rotatable bonds is 5. The van der Waals surface area contributed by atoms with Crippen molar-refractivity contribution in [2.45, 2.75) is 10.4 Å². The zero-order chi connectivity index (χ0) is 13.8. The molecule has 0 saturated heterocycles. The third-order valence-corrected chi connectivity index (χ3v) is 3.18. The number of carbonyl (C=O) groups excluding carboxylic acids is 2. The molecule has 2 atom stereocenters. The van der Waals surface area contributed by atoms with Crippen LogP contribution < -0.4 is 5.32 Å². The Labute approximate surface area is 113 Å². The molecule has 1 aromatic carbocycles. The SMILES string of the molecule is O=CC(Cl)C(Cl)(NC(=O)c1ccccc1)C(=O)O. The van der Waals surface area contributed by atoms with Crippen LogP contribution in [-0.2, 0) is 9.59 Å². The van der Waals surface area contributed by atoms with E-state index in [4.69, 9.17) is 28.3 Å². The fourth-order valence-corrected chi connectivity index (χ4v) is 1.45. The van der Waals surface area contributed by atoms with Gasteiger partial charge < -0.3 is 15.2 Å². The summed E-state index contributed by atoms with van der Waals surface area (Å²) in [6.45, 7) is 0. The Morgan fingerprint density at radius 1 is 1.33 bits per heavy atom. The maximum atomic E-state index is 11.8. The smallest absolute Gasteiger partial charge is 0.347 e. The number of amides is 1. The van der Waals surface area contributed by atoms with Crippen LogP contribution in [0.15, 0.2) is 30.3 Å². The molecule has 0 fully saturated rings. The molecule has 2 N–H and O–H groups in total. The second-order valence-electron chi connectivity index (χ2n) is 3.37. The van der Waals surface area contributed by atoms with Crippen LogP contribution in [0.3, 0.4) is 0 Å². The molecule has 0 aliphatic heterocycles. The predicted octanol–water partition coefficient (Wildman–Crippen LogP) is 1.24. The Hall–Kier alpha value is -1.59. The van der Waals surface area contributed by atoms with Crippen molar-refractivity contribution < 1.29 is 19.5 Å². The van der Waals surface area contributed by atoms with Gasteiger partial charge in [-0.2, -0.15) is 0 Å². The van der Waals surface area contributed by atoms with Crippen LogP contribution in [0.4, 0.5) is 0 Å². The van der Waals surface area contributed by atoms with Crippen molar-refractivity contribution >= 4 is 41.4 Å². The molecule has 0 spiro atoms. The number of nitrogens with one attached hydrogen (secondary N) is 1. The number of carboxylic acids is 1. The summed E-state index contributed by atoms with van der Waals surface area (Å²) < 4.78 is 0. The van der Waals surface area contributed by atoms with E-state index in [0.29, 0.717) is 0 Å². The summed E-state index contributed by atoms with van der Waals surface area (Å²) in [5.74, 6) is -2.35. The van der Waals surface area contributed by atoms with E-state index >= 15 is 0 Å². The number of carboxylic acid groups (broad SMARTS) is 1. The number of carbonyl (C=O) groups is 3. The fourth-order valence-electron chi connectivity index (χ4n) is 1.16. The van der Waals surface area contributed by atoms with E-state index in [1.807, 2.05) is 5.32 Å². The molecular formula is C11H9Cl2NO4. The first kappa shape index (κ1) is 14.5. The van der Waals surface area contributed by atoms with E-state index in [-0.39, 0.29) is 11.8 Å². The van der Waals surface area contributed by atoms with E-state index in [0.717, 1.165) is 0 Å². The van der Waals surface area contributed by atoms with Gasteiger partial charge in [0.05, 0.1) is 0 Å². The van der Waals surface area contributed by atoms with Crippen LogP contribution in [0.5, 0.6) is 0 Å². The van der Waals surface area contributed by atoms with Gasteiger partial charge in [-0.3, -0.25) is 4.79 Å². The molecule has 0 bridgehead atoms. The number of aliphatic carboxylic acids is 1. The topological polar surface area (TPSA) is 83.5 Å². The van der Waals surface area contributed by atoms with Gasteiger partial charge in [0.25, 0.3) is 5.91 Å². The lowest BCUT2D eigenvalue weighted by molar-refractivity contribution is -0.141. The quantitative estimate of drug-likeness (QED) is 0.485. The van der Waals surface area contributed by atoms with Crippen molar-refractivity contribution in [3.63, 3.8) is 0 Å². The van der Waals surface area contributed by atoms with Crippen molar-refractivity contribution in [1.29, 1.82) is 0 Å². The van der Waals surface area contributed by atoms with E-state index in [1.165, 1.54) is 12.1 Å². The number of benzene rings is 1. The maximum Gasteiger partial charge on any atom is 0.347 e. The van der Waals surface area contributed by atoms with Gasteiger partial charge in [-0.25, -0.2) is 4.79 Å². The maximum absolute atomic E-state index is 11.8. The van der Waals surface area contributed by atoms with Gasteiger partial charge in [-0.1, -0.05) is 29.8 Å². The van der Waals surface area contributed by atoms with Crippen molar-refractivity contribution in [3.8, 4) is 0 Å². The molecule has 0 aliphatic carbocycles. The standard InChI is InChI=1S/C11H9Cl2NO4/c12-8(6-15)11(13,10(17)18)14-9(16)7-4-2-1-3-5-7/h1-6,8H,(H,14,16)(H,17,18). The molecule has 1 amide bonds. The van der Waals surface area contributed by atoms with Gasteiger partial charge >= 0.3 is 5.97 Å². The van der Waals surface area contributed by atoms with Crippen LogP contribution in [0.25, 0.3) is 0 Å². The molecule has 1 aromatic rings. The summed E-state index contributed by atoms with van der Waals surface area (Å²) >= 11 is 11.2. The summed E-state index contributed by atoms with van der Waals surface area (Å²) in [6.07, 6.45) is 0.147. The van der Waals surface area contributed by atoms with Crippen LogP contribution in [0.2, 0.25) is 0 Å². The number of aldehydes is 1. The summed E-state index contributed by atoms with van der Waals surface area (Å²) in [7, 11) is 0. The second kappa shape index (κ2) is 5.84. The summed E-state index contributed by atoms with van der Waals surface area (Å²) in [5.41, 5.74) is 0.207. The molecule has 7 heteroatoms. The Morgan fingerprint density at radius 3 is 2.33 bits per heavy atom. The lowest BCUT2D eigenvalue weighted by Gasteiger charge is -2.25. The number of hydrogen-bond donors (Lipinski definition) is 2. The largest absolute Gasteiger partial charge is 0.479 e. The number of halogens is 2. The molecule has 0 heterocycles. The van der Waals surface area contributed by atoms with Gasteiger partial charge in [0.2, 0.25) is 5.00 Å². The van der Waals surface area contributed by atoms with Crippen LogP contribution in [-0.4, -0.2) is 33.6 Å². The molecule has 0 aromatic heterocycles. The Kier molecular flexibility index (Phi) is 4.69. The van der Waals surface area contributed by atoms with Gasteiger partial charge in [-0.15, -0.1) is 11.6 Å². The van der Waals surface area contributed by atoms with Crippen molar-refractivity contribution in [2.24, 2.45) is 0 Å². The van der Waals surface area contributed by atoms with Crippen molar-refractivity contribution in [1.82, 2.24) is 5.32 Å². The normalized spacial score (nSPS) is 15.2. The Balaban J connectivity index is 2.96. The first-order valence-electron chi connectivity index (χ1n) is 4.81. The molecule has 0 aliphatic rings. The van der Waals surface area contributed by atoms with Gasteiger partial charge in [-0.05, 0) is 12.1 Å². The predicted molar refractivity (Wildman–Crippen MR) is 65.8 cm³/mol. The zero-order valence-electron chi connectivity index (χ0n) is 8.97. The molecular weight excluding hydrogens is 281 g/mol. The highest BCUT2D eigenvalue weighted by Gasteiger charge is 2.45. The lowest BCUT2D eigenvalue weighted by atomic mass is 10.1. The molecule has 2 unspecified atom stereocenters. The van der Waals surface area contributed by atoms with Crippen molar-refractivity contribution in [2.75, 3.05) is 0 Å². The van der Waals surface area contributed by atoms with E-state index in [9.17, 15) is 14.4 Å². The zero-order valence-corrected chi connectivity index (χ0v) is 10.5. The summed E-state index contributed by atoms with van der Waals surface area (Å²) in [6, 6.07) is 7.84. The third kappa shape index (κ3) is 3.00.